The molecule has 3 aromatic heterocycles. The lowest BCUT2D eigenvalue weighted by Gasteiger charge is -2.43. The van der Waals surface area contributed by atoms with E-state index in [1.54, 1.807) is 18.5 Å². The van der Waals surface area contributed by atoms with E-state index in [0.29, 0.717) is 23.8 Å². The number of halogens is 1. The van der Waals surface area contributed by atoms with Crippen molar-refractivity contribution in [1.29, 1.82) is 0 Å². The van der Waals surface area contributed by atoms with Gasteiger partial charge in [-0.1, -0.05) is 11.6 Å². The van der Waals surface area contributed by atoms with Crippen LogP contribution in [-0.2, 0) is 9.53 Å². The zero-order chi connectivity index (χ0) is 27.9. The summed E-state index contributed by atoms with van der Waals surface area (Å²) in [4.78, 5) is 44.6. The first-order valence-corrected chi connectivity index (χ1v) is 13.2. The van der Waals surface area contributed by atoms with Gasteiger partial charge in [-0.05, 0) is 58.9 Å². The second-order valence-electron chi connectivity index (χ2n) is 10.8. The van der Waals surface area contributed by atoms with Gasteiger partial charge in [0.05, 0.1) is 35.1 Å². The lowest BCUT2D eigenvalue weighted by atomic mass is 10.0. The van der Waals surface area contributed by atoms with Crippen molar-refractivity contribution in [2.75, 3.05) is 25.0 Å². The van der Waals surface area contributed by atoms with Crippen LogP contribution in [0.1, 0.15) is 42.8 Å². The van der Waals surface area contributed by atoms with Crippen LogP contribution in [0.25, 0.3) is 21.8 Å². The summed E-state index contributed by atoms with van der Waals surface area (Å²) < 4.78 is 6.03. The van der Waals surface area contributed by atoms with Crippen molar-refractivity contribution >= 4 is 50.9 Å². The molecule has 4 heterocycles. The van der Waals surface area contributed by atoms with Gasteiger partial charge in [0.2, 0.25) is 11.7 Å². The van der Waals surface area contributed by atoms with E-state index in [2.05, 4.69) is 30.6 Å². The van der Waals surface area contributed by atoms with Crippen LogP contribution in [0.4, 0.5) is 5.69 Å². The van der Waals surface area contributed by atoms with Gasteiger partial charge in [-0.2, -0.15) is 0 Å². The van der Waals surface area contributed by atoms with Gasteiger partial charge in [-0.25, -0.2) is 9.97 Å². The highest BCUT2D eigenvalue weighted by Gasteiger charge is 2.38. The number of hydrogen-bond donors (Lipinski definition) is 3. The van der Waals surface area contributed by atoms with Crippen molar-refractivity contribution in [3.05, 3.63) is 58.9 Å². The van der Waals surface area contributed by atoms with E-state index in [0.717, 1.165) is 33.2 Å². The highest BCUT2D eigenvalue weighted by molar-refractivity contribution is 6.33. The van der Waals surface area contributed by atoms with Gasteiger partial charge < -0.3 is 20.4 Å². The number of benzene rings is 1. The average Bonchev–Trinajstić information content (AvgIpc) is 3.21. The number of pyridine rings is 1. The minimum Gasteiger partial charge on any atom is -0.372 e. The summed E-state index contributed by atoms with van der Waals surface area (Å²) in [6.07, 6.45) is 3.46. The molecule has 1 saturated heterocycles. The molecule has 5 rings (SSSR count). The largest absolute Gasteiger partial charge is 0.372 e. The summed E-state index contributed by atoms with van der Waals surface area (Å²) in [6, 6.07) is 6.48. The fourth-order valence-corrected chi connectivity index (χ4v) is 5.35. The van der Waals surface area contributed by atoms with Crippen LogP contribution >= 0.6 is 11.6 Å². The van der Waals surface area contributed by atoms with E-state index in [4.69, 9.17) is 16.3 Å². The van der Waals surface area contributed by atoms with Crippen molar-refractivity contribution in [3.63, 3.8) is 0 Å². The smallest absolute Gasteiger partial charge is 0.289 e. The van der Waals surface area contributed by atoms with Crippen molar-refractivity contribution in [3.8, 4) is 0 Å². The SMILES string of the molecule is Cc1cc(C)nc(C(=O)NC(C)CN2CC(C)(C)OCC2C(=O)Nc2cc(Cl)cc3c2[nH]c2cnccc23)n1. The number of ether oxygens (including phenoxy) is 1. The Bertz CT molecular complexity index is 1550. The van der Waals surface area contributed by atoms with Gasteiger partial charge in [0.1, 0.15) is 6.04 Å². The summed E-state index contributed by atoms with van der Waals surface area (Å²) in [5, 5.41) is 8.42. The zero-order valence-corrected chi connectivity index (χ0v) is 23.4. The van der Waals surface area contributed by atoms with Gasteiger partial charge >= 0.3 is 0 Å². The summed E-state index contributed by atoms with van der Waals surface area (Å²) in [6.45, 7) is 10.7. The maximum Gasteiger partial charge on any atom is 0.289 e. The Morgan fingerprint density at radius 2 is 1.95 bits per heavy atom. The number of aryl methyl sites for hydroxylation is 2. The molecule has 0 bridgehead atoms. The number of hydrogen-bond acceptors (Lipinski definition) is 7. The number of rotatable bonds is 6. The van der Waals surface area contributed by atoms with Crippen LogP contribution in [-0.4, -0.2) is 74.0 Å². The molecule has 204 valence electrons. The summed E-state index contributed by atoms with van der Waals surface area (Å²) in [5.74, 6) is -0.436. The Kier molecular flexibility index (Phi) is 7.28. The highest BCUT2D eigenvalue weighted by atomic mass is 35.5. The molecule has 1 aliphatic rings. The van der Waals surface area contributed by atoms with E-state index in [9.17, 15) is 9.59 Å². The number of aromatic amines is 1. The second-order valence-corrected chi connectivity index (χ2v) is 11.2. The first-order chi connectivity index (χ1) is 18.5. The number of H-pyrrole nitrogens is 1. The standard InChI is InChI=1S/C28H32ClN7O3/c1-15-8-16(2)32-25(31-15)27(38)33-17(3)12-36-14-28(4,5)39-13-23(36)26(37)35-21-10-18(29)9-20-19-6-7-30-11-22(19)34-24(20)21/h6-11,17,23,34H,12-14H2,1-5H3,(H,33,38)(H,35,37). The Morgan fingerprint density at radius 1 is 1.21 bits per heavy atom. The van der Waals surface area contributed by atoms with E-state index in [1.165, 1.54) is 0 Å². The maximum atomic E-state index is 13.6. The van der Waals surface area contributed by atoms with Crippen molar-refractivity contribution in [1.82, 2.24) is 30.2 Å². The fourth-order valence-electron chi connectivity index (χ4n) is 5.13. The van der Waals surface area contributed by atoms with Gasteiger partial charge in [0, 0.05) is 52.5 Å². The van der Waals surface area contributed by atoms with E-state index < -0.39 is 11.6 Å². The fraction of sp³-hybridized carbons (Fsp3) is 0.393. The predicted octanol–water partition coefficient (Wildman–Crippen LogP) is 4.01. The van der Waals surface area contributed by atoms with Crippen molar-refractivity contribution in [2.45, 2.75) is 52.3 Å². The number of anilines is 1. The molecule has 3 N–H and O–H groups in total. The molecule has 11 heteroatoms. The number of nitrogens with one attached hydrogen (secondary N) is 3. The molecular weight excluding hydrogens is 518 g/mol. The Hall–Kier alpha value is -3.60. The molecule has 0 radical (unpaired) electrons. The molecule has 4 aromatic rings. The second kappa shape index (κ2) is 10.5. The minimum atomic E-state index is -0.574. The third kappa shape index (κ3) is 5.88. The number of nitrogens with zero attached hydrogens (tertiary/aromatic N) is 4. The van der Waals surface area contributed by atoms with Crippen molar-refractivity contribution < 1.29 is 14.3 Å². The van der Waals surface area contributed by atoms with Gasteiger partial charge in [-0.15, -0.1) is 0 Å². The predicted molar refractivity (Wildman–Crippen MR) is 151 cm³/mol. The van der Waals surface area contributed by atoms with Crippen LogP contribution in [0.5, 0.6) is 0 Å². The summed E-state index contributed by atoms with van der Waals surface area (Å²) >= 11 is 6.44. The monoisotopic (exact) mass is 549 g/mol. The molecule has 0 aliphatic carbocycles. The van der Waals surface area contributed by atoms with E-state index >= 15 is 0 Å². The molecule has 2 amide bonds. The Labute approximate surface area is 231 Å². The van der Waals surface area contributed by atoms with Crippen LogP contribution in [0.15, 0.2) is 36.7 Å². The third-order valence-electron chi connectivity index (χ3n) is 6.76. The minimum absolute atomic E-state index is 0.134. The molecular formula is C28H32ClN7O3. The normalized spacial score (nSPS) is 18.3. The number of amides is 2. The molecule has 1 aromatic carbocycles. The van der Waals surface area contributed by atoms with Gasteiger partial charge in [-0.3, -0.25) is 19.5 Å². The lowest BCUT2D eigenvalue weighted by Crippen LogP contribution is -2.60. The molecule has 0 spiro atoms. The molecule has 2 atom stereocenters. The molecule has 10 nitrogen and oxygen atoms in total. The number of fused-ring (bicyclic) bond motifs is 3. The lowest BCUT2D eigenvalue weighted by molar-refractivity contribution is -0.143. The van der Waals surface area contributed by atoms with Crippen LogP contribution in [0.2, 0.25) is 5.02 Å². The average molecular weight is 550 g/mol. The Balaban J connectivity index is 1.35. The van der Waals surface area contributed by atoms with Crippen LogP contribution < -0.4 is 10.6 Å². The number of aromatic nitrogens is 4. The molecule has 1 fully saturated rings. The summed E-state index contributed by atoms with van der Waals surface area (Å²) in [7, 11) is 0. The van der Waals surface area contributed by atoms with Gasteiger partial charge in [0.25, 0.3) is 5.91 Å². The highest BCUT2D eigenvalue weighted by Crippen LogP contribution is 2.33. The maximum absolute atomic E-state index is 13.6. The summed E-state index contributed by atoms with van der Waals surface area (Å²) in [5.41, 5.74) is 3.21. The first-order valence-electron chi connectivity index (χ1n) is 12.9. The number of morpholine rings is 1. The van der Waals surface area contributed by atoms with Gasteiger partial charge in [0.15, 0.2) is 0 Å². The topological polar surface area (TPSA) is 125 Å². The van der Waals surface area contributed by atoms with Crippen LogP contribution in [0, 0.1) is 13.8 Å². The van der Waals surface area contributed by atoms with Crippen LogP contribution in [0.3, 0.4) is 0 Å². The molecule has 2 unspecified atom stereocenters. The van der Waals surface area contributed by atoms with E-state index in [-0.39, 0.29) is 30.3 Å². The van der Waals surface area contributed by atoms with E-state index in [1.807, 2.05) is 57.7 Å². The van der Waals surface area contributed by atoms with Crippen molar-refractivity contribution in [2.24, 2.45) is 0 Å². The molecule has 1 aliphatic heterocycles. The number of carbonyl (C=O) groups is 2. The Morgan fingerprint density at radius 3 is 2.69 bits per heavy atom. The zero-order valence-electron chi connectivity index (χ0n) is 22.6. The first kappa shape index (κ1) is 27.0. The third-order valence-corrected chi connectivity index (χ3v) is 6.98. The number of carbonyl (C=O) groups excluding carboxylic acids is 2. The quantitative estimate of drug-likeness (QED) is 0.332. The molecule has 0 saturated carbocycles. The molecule has 39 heavy (non-hydrogen) atoms.